The summed E-state index contributed by atoms with van der Waals surface area (Å²) in [6.07, 6.45) is 12.1. The van der Waals surface area contributed by atoms with Crippen LogP contribution in [0.3, 0.4) is 0 Å². The first-order chi connectivity index (χ1) is 9.95. The molecule has 4 rings (SSSR count). The van der Waals surface area contributed by atoms with E-state index >= 15 is 0 Å². The summed E-state index contributed by atoms with van der Waals surface area (Å²) in [5.74, 6) is 2.44. The van der Waals surface area contributed by atoms with Crippen molar-refractivity contribution in [3.8, 4) is 0 Å². The zero-order chi connectivity index (χ0) is 14.8. The normalized spacial score (nSPS) is 48.5. The van der Waals surface area contributed by atoms with E-state index in [9.17, 15) is 9.59 Å². The predicted octanol–water partition coefficient (Wildman–Crippen LogP) is 3.86. The lowest BCUT2D eigenvalue weighted by Crippen LogP contribution is -2.49. The molecule has 0 radical (unpaired) electrons. The molecule has 4 aliphatic rings. The highest BCUT2D eigenvalue weighted by Crippen LogP contribution is 2.62. The van der Waals surface area contributed by atoms with Crippen molar-refractivity contribution in [2.75, 3.05) is 0 Å². The fraction of sp³-hybridized carbons (Fsp3) is 0.684. The molecule has 0 bridgehead atoms. The molecule has 0 N–H and O–H groups in total. The van der Waals surface area contributed by atoms with Crippen LogP contribution in [0.2, 0.25) is 0 Å². The molecule has 0 spiro atoms. The summed E-state index contributed by atoms with van der Waals surface area (Å²) < 4.78 is 0. The third-order valence-corrected chi connectivity index (χ3v) is 7.22. The second-order valence-corrected chi connectivity index (χ2v) is 8.05. The number of allylic oxidation sites excluding steroid dienone is 4. The fourth-order valence-electron chi connectivity index (χ4n) is 5.77. The fourth-order valence-corrected chi connectivity index (χ4v) is 5.77. The van der Waals surface area contributed by atoms with Crippen molar-refractivity contribution in [3.05, 3.63) is 23.8 Å². The number of hydrogen-bond donors (Lipinski definition) is 0. The smallest absolute Gasteiger partial charge is 0.156 e. The molecule has 4 aliphatic carbocycles. The number of ketones is 2. The van der Waals surface area contributed by atoms with Crippen LogP contribution in [-0.2, 0) is 9.59 Å². The van der Waals surface area contributed by atoms with Crippen molar-refractivity contribution < 1.29 is 9.59 Å². The maximum absolute atomic E-state index is 12.3. The summed E-state index contributed by atoms with van der Waals surface area (Å²) in [7, 11) is 0. The molecule has 2 fully saturated rings. The van der Waals surface area contributed by atoms with Gasteiger partial charge in [0.15, 0.2) is 5.78 Å². The molecule has 21 heavy (non-hydrogen) atoms. The molecule has 0 aromatic heterocycles. The average Bonchev–Trinajstić information content (AvgIpc) is 2.76. The molecule has 2 heteroatoms. The van der Waals surface area contributed by atoms with Gasteiger partial charge in [0, 0.05) is 18.3 Å². The highest BCUT2D eigenvalue weighted by atomic mass is 16.1. The van der Waals surface area contributed by atoms with E-state index in [-0.39, 0.29) is 16.6 Å². The van der Waals surface area contributed by atoms with Crippen LogP contribution in [0, 0.1) is 28.6 Å². The first-order valence-electron chi connectivity index (χ1n) is 8.42. The van der Waals surface area contributed by atoms with Gasteiger partial charge in [-0.2, -0.15) is 0 Å². The number of rotatable bonds is 0. The Morgan fingerprint density at radius 2 is 1.76 bits per heavy atom. The lowest BCUT2D eigenvalue weighted by molar-refractivity contribution is -0.130. The Balaban J connectivity index is 1.77. The quantitative estimate of drug-likeness (QED) is 0.677. The molecule has 0 aromatic carbocycles. The number of hydrogen-bond acceptors (Lipinski definition) is 2. The Morgan fingerprint density at radius 3 is 2.57 bits per heavy atom. The second-order valence-electron chi connectivity index (χ2n) is 8.05. The summed E-state index contributed by atoms with van der Waals surface area (Å²) in [6.45, 7) is 4.56. The molecule has 0 aliphatic heterocycles. The maximum Gasteiger partial charge on any atom is 0.156 e. The van der Waals surface area contributed by atoms with Crippen molar-refractivity contribution in [1.82, 2.24) is 0 Å². The minimum absolute atomic E-state index is 0.0758. The molecular weight excluding hydrogens is 260 g/mol. The summed E-state index contributed by atoms with van der Waals surface area (Å²) in [4.78, 5) is 24.1. The summed E-state index contributed by atoms with van der Waals surface area (Å²) >= 11 is 0. The van der Waals surface area contributed by atoms with Crippen molar-refractivity contribution in [3.63, 3.8) is 0 Å². The summed E-state index contributed by atoms with van der Waals surface area (Å²) in [5, 5.41) is 0. The van der Waals surface area contributed by atoms with Gasteiger partial charge in [-0.25, -0.2) is 0 Å². The van der Waals surface area contributed by atoms with Crippen LogP contribution in [0.4, 0.5) is 0 Å². The number of fused-ring (bicyclic) bond motifs is 5. The minimum Gasteiger partial charge on any atom is -0.299 e. The Morgan fingerprint density at radius 1 is 1.00 bits per heavy atom. The number of Topliss-reactive ketones (excluding diaryl/α,β-unsaturated/α-hetero) is 1. The molecule has 112 valence electrons. The van der Waals surface area contributed by atoms with Gasteiger partial charge in [-0.1, -0.05) is 26.0 Å². The van der Waals surface area contributed by atoms with E-state index in [0.29, 0.717) is 30.0 Å². The molecule has 2 saturated carbocycles. The Kier molecular flexibility index (Phi) is 2.68. The van der Waals surface area contributed by atoms with Crippen LogP contribution in [0.1, 0.15) is 52.4 Å². The van der Waals surface area contributed by atoms with Gasteiger partial charge in [0.05, 0.1) is 0 Å². The van der Waals surface area contributed by atoms with Crippen molar-refractivity contribution in [1.29, 1.82) is 0 Å². The van der Waals surface area contributed by atoms with E-state index in [1.165, 1.54) is 5.57 Å². The SMILES string of the molecule is C[C@]12CCC(=O)C=C1C=C[C@H]1[C@H]3CCC(=O)[C@@]3(C)CC[C@@H]12. The van der Waals surface area contributed by atoms with Crippen LogP contribution in [0.5, 0.6) is 0 Å². The molecule has 0 heterocycles. The summed E-state index contributed by atoms with van der Waals surface area (Å²) in [5.41, 5.74) is 1.32. The van der Waals surface area contributed by atoms with Gasteiger partial charge in [0.25, 0.3) is 0 Å². The Hall–Kier alpha value is -1.18. The molecule has 0 saturated heterocycles. The van der Waals surface area contributed by atoms with E-state index in [1.807, 2.05) is 6.08 Å². The molecule has 0 amide bonds. The highest BCUT2D eigenvalue weighted by Gasteiger charge is 2.57. The monoisotopic (exact) mass is 284 g/mol. The topological polar surface area (TPSA) is 34.1 Å². The first kappa shape index (κ1) is 13.5. The Bertz CT molecular complexity index is 584. The molecular formula is C19H24O2. The van der Waals surface area contributed by atoms with E-state index in [4.69, 9.17) is 0 Å². The average molecular weight is 284 g/mol. The van der Waals surface area contributed by atoms with Crippen LogP contribution in [-0.4, -0.2) is 11.6 Å². The minimum atomic E-state index is -0.0758. The maximum atomic E-state index is 12.3. The van der Waals surface area contributed by atoms with Gasteiger partial charge in [0.1, 0.15) is 5.78 Å². The van der Waals surface area contributed by atoms with Gasteiger partial charge in [-0.3, -0.25) is 9.59 Å². The zero-order valence-corrected chi connectivity index (χ0v) is 13.0. The lowest BCUT2D eigenvalue weighted by Gasteiger charge is -2.54. The number of carbonyl (C=O) groups excluding carboxylic acids is 2. The molecule has 5 atom stereocenters. The van der Waals surface area contributed by atoms with Crippen LogP contribution < -0.4 is 0 Å². The molecule has 0 unspecified atom stereocenters. The lowest BCUT2D eigenvalue weighted by atomic mass is 9.49. The number of carbonyl (C=O) groups is 2. The van der Waals surface area contributed by atoms with Crippen molar-refractivity contribution >= 4 is 11.6 Å². The zero-order valence-electron chi connectivity index (χ0n) is 13.0. The van der Waals surface area contributed by atoms with E-state index in [2.05, 4.69) is 26.0 Å². The highest BCUT2D eigenvalue weighted by molar-refractivity contribution is 5.92. The van der Waals surface area contributed by atoms with Crippen LogP contribution in [0.15, 0.2) is 23.8 Å². The van der Waals surface area contributed by atoms with Crippen molar-refractivity contribution in [2.24, 2.45) is 28.6 Å². The van der Waals surface area contributed by atoms with E-state index < -0.39 is 0 Å². The largest absolute Gasteiger partial charge is 0.299 e. The molecule has 2 nitrogen and oxygen atoms in total. The van der Waals surface area contributed by atoms with E-state index in [0.717, 1.165) is 32.1 Å². The first-order valence-corrected chi connectivity index (χ1v) is 8.42. The third-order valence-electron chi connectivity index (χ3n) is 7.22. The van der Waals surface area contributed by atoms with Gasteiger partial charge >= 0.3 is 0 Å². The van der Waals surface area contributed by atoms with E-state index in [1.54, 1.807) is 0 Å². The summed E-state index contributed by atoms with van der Waals surface area (Å²) in [6, 6.07) is 0. The van der Waals surface area contributed by atoms with Crippen LogP contribution in [0.25, 0.3) is 0 Å². The molecule has 0 aromatic rings. The second kappa shape index (κ2) is 4.18. The Labute approximate surface area is 126 Å². The van der Waals surface area contributed by atoms with Gasteiger partial charge in [-0.15, -0.1) is 0 Å². The third kappa shape index (κ3) is 1.65. The predicted molar refractivity (Wildman–Crippen MR) is 81.6 cm³/mol. The van der Waals surface area contributed by atoms with Gasteiger partial charge < -0.3 is 0 Å². The standard InChI is InChI=1S/C19H24O2/c1-18-9-7-13(20)11-12(18)3-4-14-15-5-6-17(21)19(15,2)10-8-16(14)18/h3-4,11,14-16H,5-10H2,1-2H3/t14-,15+,16-,18-,19-/m0/s1. The van der Waals surface area contributed by atoms with Gasteiger partial charge in [0.2, 0.25) is 0 Å². The van der Waals surface area contributed by atoms with Crippen LogP contribution >= 0.6 is 0 Å². The van der Waals surface area contributed by atoms with Crippen molar-refractivity contribution in [2.45, 2.75) is 52.4 Å². The van der Waals surface area contributed by atoms with Gasteiger partial charge in [-0.05, 0) is 60.5 Å².